The first-order chi connectivity index (χ1) is 20.3. The molecule has 0 radical (unpaired) electrons. The van der Waals surface area contributed by atoms with Gasteiger partial charge >= 0.3 is 5.97 Å². The minimum Gasteiger partial charge on any atom is -0.465 e. The fourth-order valence-electron chi connectivity index (χ4n) is 5.38. The number of sulfonamides is 1. The lowest BCUT2D eigenvalue weighted by Gasteiger charge is -2.33. The maximum Gasteiger partial charge on any atom is 0.319 e. The van der Waals surface area contributed by atoms with E-state index >= 15 is 0 Å². The highest BCUT2D eigenvalue weighted by molar-refractivity contribution is 8.14. The number of anilines is 3. The number of benzene rings is 2. The third kappa shape index (κ3) is 5.70. The van der Waals surface area contributed by atoms with Crippen LogP contribution in [0.5, 0.6) is 0 Å². The number of ether oxygens (including phenoxy) is 1. The van der Waals surface area contributed by atoms with Crippen molar-refractivity contribution >= 4 is 50.2 Å². The monoisotopic (exact) mass is 604 g/mol. The first kappa shape index (κ1) is 28.1. The minimum absolute atomic E-state index is 0.0488. The van der Waals surface area contributed by atoms with Gasteiger partial charge in [-0.25, -0.2) is 18.4 Å². The van der Waals surface area contributed by atoms with Crippen LogP contribution in [-0.2, 0) is 30.9 Å². The van der Waals surface area contributed by atoms with Crippen molar-refractivity contribution in [1.82, 2.24) is 14.3 Å². The molecule has 0 spiro atoms. The number of nitrogens with zero attached hydrogens (tertiary/aromatic N) is 5. The van der Waals surface area contributed by atoms with Crippen LogP contribution in [0.1, 0.15) is 24.8 Å². The maximum absolute atomic E-state index is 12.8. The van der Waals surface area contributed by atoms with Crippen LogP contribution in [0.4, 0.5) is 17.3 Å². The van der Waals surface area contributed by atoms with E-state index in [-0.39, 0.29) is 40.2 Å². The van der Waals surface area contributed by atoms with Crippen molar-refractivity contribution in [2.45, 2.75) is 36.0 Å². The molecule has 1 atom stereocenters. The Morgan fingerprint density at radius 3 is 2.62 bits per heavy atom. The zero-order valence-corrected chi connectivity index (χ0v) is 24.2. The summed E-state index contributed by atoms with van der Waals surface area (Å²) in [7, 11) is -3.71. The lowest BCUT2D eigenvalue weighted by atomic mass is 9.98. The fraction of sp³-hybridized carbons (Fsp3) is 0.345. The number of rotatable bonds is 7. The van der Waals surface area contributed by atoms with Crippen LogP contribution in [0.3, 0.4) is 0 Å². The predicted molar refractivity (Wildman–Crippen MR) is 157 cm³/mol. The number of esters is 1. The summed E-state index contributed by atoms with van der Waals surface area (Å²) >= 11 is 1.14. The van der Waals surface area contributed by atoms with Gasteiger partial charge in [0.2, 0.25) is 16.0 Å². The smallest absolute Gasteiger partial charge is 0.319 e. The molecular weight excluding hydrogens is 576 g/mol. The average Bonchev–Trinajstić information content (AvgIpc) is 3.52. The summed E-state index contributed by atoms with van der Waals surface area (Å²) in [5, 5.41) is 11.9. The molecule has 1 unspecified atom stereocenters. The molecule has 2 fully saturated rings. The van der Waals surface area contributed by atoms with Crippen LogP contribution in [0.15, 0.2) is 59.6 Å². The second-order valence-electron chi connectivity index (χ2n) is 10.3. The Kier molecular flexibility index (Phi) is 7.85. The van der Waals surface area contributed by atoms with Gasteiger partial charge in [0.05, 0.1) is 23.3 Å². The molecule has 11 nitrogen and oxygen atoms in total. The SMILES string of the molecule is N#CCN1Cc2ccc(-c3ccnc(Nc4ccc(N5CCC(C(=O)SC6CCOC6=O)CC5)cc4)n3)cc2S1(=O)=O. The lowest BCUT2D eigenvalue weighted by Crippen LogP contribution is -2.36. The van der Waals surface area contributed by atoms with Crippen LogP contribution in [0, 0.1) is 17.2 Å². The normalized spacial score (nSPS) is 20.1. The van der Waals surface area contributed by atoms with Crippen LogP contribution >= 0.6 is 11.8 Å². The second-order valence-corrected chi connectivity index (χ2v) is 13.4. The number of nitriles is 1. The van der Waals surface area contributed by atoms with Crippen molar-refractivity contribution in [3.05, 3.63) is 60.3 Å². The Morgan fingerprint density at radius 1 is 1.12 bits per heavy atom. The van der Waals surface area contributed by atoms with E-state index < -0.39 is 10.0 Å². The zero-order chi connectivity index (χ0) is 29.3. The highest BCUT2D eigenvalue weighted by Crippen LogP contribution is 2.34. The highest BCUT2D eigenvalue weighted by Gasteiger charge is 2.35. The standard InChI is InChI=1S/C29H28N6O5S2/c30-11-15-35-18-21-2-1-20(17-26(21)42(35,38)39)24-7-12-31-29(33-24)32-22-3-5-23(6-4-22)34-13-8-19(9-14-34)28(37)41-25-10-16-40-27(25)36/h1-7,12,17,19,25H,8-10,13-16,18H2,(H,31,32,33). The van der Waals surface area contributed by atoms with Gasteiger partial charge in [0, 0.05) is 55.1 Å². The van der Waals surface area contributed by atoms with Crippen molar-refractivity contribution in [1.29, 1.82) is 5.26 Å². The number of nitrogens with one attached hydrogen (secondary N) is 1. The second kappa shape index (κ2) is 11.7. The molecule has 3 aromatic rings. The molecule has 0 saturated carbocycles. The van der Waals surface area contributed by atoms with E-state index in [4.69, 9.17) is 10.00 Å². The van der Waals surface area contributed by atoms with Crippen molar-refractivity contribution in [2.24, 2.45) is 5.92 Å². The number of piperidine rings is 1. The third-order valence-electron chi connectivity index (χ3n) is 7.69. The van der Waals surface area contributed by atoms with Gasteiger partial charge in [-0.1, -0.05) is 23.9 Å². The van der Waals surface area contributed by atoms with Gasteiger partial charge in [-0.3, -0.25) is 9.59 Å². The zero-order valence-electron chi connectivity index (χ0n) is 22.6. The number of aromatic nitrogens is 2. The van der Waals surface area contributed by atoms with Crippen molar-refractivity contribution in [3.63, 3.8) is 0 Å². The molecule has 13 heteroatoms. The topological polar surface area (TPSA) is 146 Å². The molecular formula is C29H28N6O5S2. The molecule has 2 saturated heterocycles. The molecule has 1 N–H and O–H groups in total. The number of carbonyl (C=O) groups excluding carboxylic acids is 2. The van der Waals surface area contributed by atoms with Crippen LogP contribution in [-0.4, -0.2) is 65.3 Å². The van der Waals surface area contributed by atoms with Crippen LogP contribution < -0.4 is 10.2 Å². The first-order valence-corrected chi connectivity index (χ1v) is 16.0. The molecule has 3 aliphatic heterocycles. The predicted octanol–water partition coefficient (Wildman–Crippen LogP) is 3.71. The molecule has 0 bridgehead atoms. The molecule has 216 valence electrons. The number of cyclic esters (lactones) is 1. The Hall–Kier alpha value is -3.99. The summed E-state index contributed by atoms with van der Waals surface area (Å²) in [6, 6.07) is 16.7. The third-order valence-corrected chi connectivity index (χ3v) is 10.8. The van der Waals surface area contributed by atoms with Gasteiger partial charge < -0.3 is 15.0 Å². The Balaban J connectivity index is 1.07. The molecule has 3 aliphatic rings. The molecule has 42 heavy (non-hydrogen) atoms. The maximum atomic E-state index is 12.8. The average molecular weight is 605 g/mol. The summed E-state index contributed by atoms with van der Waals surface area (Å²) in [6.07, 6.45) is 3.70. The molecule has 6 rings (SSSR count). The fourth-order valence-corrected chi connectivity index (χ4v) is 8.02. The number of thioether (sulfide) groups is 1. The van der Waals surface area contributed by atoms with E-state index in [9.17, 15) is 18.0 Å². The Morgan fingerprint density at radius 2 is 1.90 bits per heavy atom. The quantitative estimate of drug-likeness (QED) is 0.311. The van der Waals surface area contributed by atoms with E-state index in [1.54, 1.807) is 24.4 Å². The van der Waals surface area contributed by atoms with Crippen LogP contribution in [0.25, 0.3) is 11.3 Å². The van der Waals surface area contributed by atoms with Crippen LogP contribution in [0.2, 0.25) is 0 Å². The summed E-state index contributed by atoms with van der Waals surface area (Å²) in [5.74, 6) is 0.0459. The van der Waals surface area contributed by atoms with E-state index in [0.29, 0.717) is 35.8 Å². The summed E-state index contributed by atoms with van der Waals surface area (Å²) in [5.41, 5.74) is 3.72. The van der Waals surface area contributed by atoms with Crippen molar-refractivity contribution in [3.8, 4) is 17.3 Å². The molecule has 4 heterocycles. The number of hydrogen-bond donors (Lipinski definition) is 1. The molecule has 2 aromatic carbocycles. The largest absolute Gasteiger partial charge is 0.465 e. The first-order valence-electron chi connectivity index (χ1n) is 13.6. The van der Waals surface area contributed by atoms with Crippen molar-refractivity contribution < 1.29 is 22.7 Å². The van der Waals surface area contributed by atoms with Gasteiger partial charge in [0.15, 0.2) is 5.12 Å². The van der Waals surface area contributed by atoms with Gasteiger partial charge in [-0.2, -0.15) is 9.57 Å². The van der Waals surface area contributed by atoms with Gasteiger partial charge in [0.1, 0.15) is 11.8 Å². The lowest BCUT2D eigenvalue weighted by molar-refractivity contribution is -0.137. The number of fused-ring (bicyclic) bond motifs is 1. The van der Waals surface area contributed by atoms with Gasteiger partial charge in [-0.05, 0) is 54.8 Å². The molecule has 0 amide bonds. The van der Waals surface area contributed by atoms with E-state index in [1.165, 1.54) is 0 Å². The Bertz CT molecular complexity index is 1670. The van der Waals surface area contributed by atoms with E-state index in [2.05, 4.69) is 20.2 Å². The van der Waals surface area contributed by atoms with Gasteiger partial charge in [0.25, 0.3) is 0 Å². The molecule has 1 aromatic heterocycles. The Labute approximate surface area is 247 Å². The molecule has 0 aliphatic carbocycles. The van der Waals surface area contributed by atoms with Gasteiger partial charge in [-0.15, -0.1) is 0 Å². The van der Waals surface area contributed by atoms with Crippen molar-refractivity contribution in [2.75, 3.05) is 36.5 Å². The highest BCUT2D eigenvalue weighted by atomic mass is 32.2. The summed E-state index contributed by atoms with van der Waals surface area (Å²) < 4.78 is 31.8. The summed E-state index contributed by atoms with van der Waals surface area (Å²) in [6.45, 7) is 1.91. The number of hydrogen-bond acceptors (Lipinski definition) is 11. The van der Waals surface area contributed by atoms with E-state index in [1.807, 2.05) is 36.4 Å². The minimum atomic E-state index is -3.71. The summed E-state index contributed by atoms with van der Waals surface area (Å²) in [4.78, 5) is 35.7. The number of carbonyl (C=O) groups is 2. The van der Waals surface area contributed by atoms with E-state index in [0.717, 1.165) is 53.4 Å².